The molecule has 290 valence electrons. The minimum Gasteiger partial charge on any atom is -0.455 e. The first kappa shape index (κ1) is 35.5. The molecule has 0 saturated heterocycles. The zero-order chi connectivity index (χ0) is 41.0. The number of furan rings is 1. The molecule has 0 radical (unpaired) electrons. The highest BCUT2D eigenvalue weighted by Gasteiger charge is 2.22. The van der Waals surface area contributed by atoms with Crippen LogP contribution in [0, 0.1) is 0 Å². The fourth-order valence-electron chi connectivity index (χ4n) is 8.95. The molecule has 5 heteroatoms. The fraction of sp³-hybridized carbons (Fsp3) is 0. The molecule has 0 unspecified atom stereocenters. The summed E-state index contributed by atoms with van der Waals surface area (Å²) in [7, 11) is 0. The van der Waals surface area contributed by atoms with Gasteiger partial charge in [0.2, 0.25) is 0 Å². The molecule has 0 aliphatic heterocycles. The number of aromatic nitrogens is 3. The van der Waals surface area contributed by atoms with Gasteiger partial charge in [0.15, 0.2) is 17.5 Å². The predicted molar refractivity (Wildman–Crippen MR) is 256 cm³/mol. The largest absolute Gasteiger partial charge is 0.455 e. The molecular weight excluding hydrogens is 757 g/mol. The smallest absolute Gasteiger partial charge is 0.167 e. The summed E-state index contributed by atoms with van der Waals surface area (Å²) >= 11 is 0. The Labute approximate surface area is 357 Å². The van der Waals surface area contributed by atoms with Crippen molar-refractivity contribution in [3.63, 3.8) is 0 Å². The van der Waals surface area contributed by atoms with Gasteiger partial charge in [0.25, 0.3) is 0 Å². The molecule has 0 amide bonds. The van der Waals surface area contributed by atoms with Crippen LogP contribution in [0.5, 0.6) is 0 Å². The van der Waals surface area contributed by atoms with Crippen molar-refractivity contribution < 1.29 is 4.42 Å². The quantitative estimate of drug-likeness (QED) is 0.150. The van der Waals surface area contributed by atoms with E-state index in [1.807, 2.05) is 42.5 Å². The summed E-state index contributed by atoms with van der Waals surface area (Å²) in [5.41, 5.74) is 9.58. The Hall–Kier alpha value is -8.41. The molecule has 5 nitrogen and oxygen atoms in total. The molecule has 0 spiro atoms. The van der Waals surface area contributed by atoms with E-state index in [0.29, 0.717) is 17.5 Å². The lowest BCUT2D eigenvalue weighted by Gasteiger charge is -2.26. The SMILES string of the molecule is c1ccc(-c2nc(-c3cc4ccccc4c4ccccc34)nc(-c3ccc(-c4ccc(N(c5ccccc5)c5ccc6ccccc6c5)cc4)c4c3oc3ccccc34)n2)cc1. The average molecular weight is 793 g/mol. The van der Waals surface area contributed by atoms with Gasteiger partial charge >= 0.3 is 0 Å². The lowest BCUT2D eigenvalue weighted by molar-refractivity contribution is 0.669. The maximum Gasteiger partial charge on any atom is 0.167 e. The normalized spacial score (nSPS) is 11.5. The number of nitrogens with zero attached hydrogens (tertiary/aromatic N) is 4. The second-order valence-corrected chi connectivity index (χ2v) is 15.6. The molecule has 0 fully saturated rings. The van der Waals surface area contributed by atoms with Gasteiger partial charge < -0.3 is 9.32 Å². The van der Waals surface area contributed by atoms with E-state index in [0.717, 1.165) is 83.0 Å². The van der Waals surface area contributed by atoms with Crippen LogP contribution >= 0.6 is 0 Å². The predicted octanol–water partition coefficient (Wildman–Crippen LogP) is 15.4. The minimum absolute atomic E-state index is 0.547. The van der Waals surface area contributed by atoms with E-state index in [9.17, 15) is 0 Å². The summed E-state index contributed by atoms with van der Waals surface area (Å²) < 4.78 is 6.82. The van der Waals surface area contributed by atoms with Crippen LogP contribution in [0.3, 0.4) is 0 Å². The number of fused-ring (bicyclic) bond motifs is 7. The second-order valence-electron chi connectivity index (χ2n) is 15.6. The van der Waals surface area contributed by atoms with Gasteiger partial charge in [-0.2, -0.15) is 0 Å². The molecule has 62 heavy (non-hydrogen) atoms. The molecule has 0 saturated carbocycles. The second kappa shape index (κ2) is 14.7. The molecule has 0 aliphatic rings. The average Bonchev–Trinajstić information content (AvgIpc) is 3.74. The minimum atomic E-state index is 0.547. The first-order valence-electron chi connectivity index (χ1n) is 20.8. The Morgan fingerprint density at radius 2 is 0.887 bits per heavy atom. The van der Waals surface area contributed by atoms with Crippen molar-refractivity contribution in [2.75, 3.05) is 4.90 Å². The van der Waals surface area contributed by atoms with Crippen molar-refractivity contribution in [3.05, 3.63) is 218 Å². The van der Waals surface area contributed by atoms with Gasteiger partial charge in [-0.25, -0.2) is 15.0 Å². The van der Waals surface area contributed by atoms with Crippen LogP contribution in [-0.2, 0) is 0 Å². The van der Waals surface area contributed by atoms with Gasteiger partial charge in [0.1, 0.15) is 11.2 Å². The van der Waals surface area contributed by atoms with Gasteiger partial charge in [-0.05, 0) is 98.0 Å². The summed E-state index contributed by atoms with van der Waals surface area (Å²) in [5, 5.41) is 9.02. The molecule has 2 aromatic heterocycles. The Morgan fingerprint density at radius 3 is 1.68 bits per heavy atom. The first-order valence-corrected chi connectivity index (χ1v) is 20.8. The summed E-state index contributed by atoms with van der Waals surface area (Å²) in [6, 6.07) is 76.4. The molecule has 0 N–H and O–H groups in total. The van der Waals surface area contributed by atoms with Gasteiger partial charge in [-0.1, -0.05) is 164 Å². The fourth-order valence-corrected chi connectivity index (χ4v) is 8.95. The molecule has 12 aromatic rings. The van der Waals surface area contributed by atoms with Crippen LogP contribution in [0.1, 0.15) is 0 Å². The van der Waals surface area contributed by atoms with Crippen molar-refractivity contribution in [3.8, 4) is 45.3 Å². The van der Waals surface area contributed by atoms with Crippen LogP contribution in [0.2, 0.25) is 0 Å². The van der Waals surface area contributed by atoms with E-state index < -0.39 is 0 Å². The Balaban J connectivity index is 1.03. The molecule has 0 aliphatic carbocycles. The number of hydrogen-bond acceptors (Lipinski definition) is 5. The highest BCUT2D eigenvalue weighted by Crippen LogP contribution is 2.44. The Bertz CT molecular complexity index is 3640. The van der Waals surface area contributed by atoms with Crippen molar-refractivity contribution in [2.45, 2.75) is 0 Å². The number of benzene rings is 10. The molecule has 0 bridgehead atoms. The van der Waals surface area contributed by atoms with E-state index >= 15 is 0 Å². The van der Waals surface area contributed by atoms with Crippen LogP contribution in [0.4, 0.5) is 17.1 Å². The Morgan fingerprint density at radius 1 is 0.323 bits per heavy atom. The number of rotatable bonds is 7. The maximum atomic E-state index is 6.82. The molecule has 0 atom stereocenters. The van der Waals surface area contributed by atoms with E-state index in [1.54, 1.807) is 0 Å². The zero-order valence-corrected chi connectivity index (χ0v) is 33.5. The highest BCUT2D eigenvalue weighted by atomic mass is 16.3. The first-order chi connectivity index (χ1) is 30.7. The zero-order valence-electron chi connectivity index (χ0n) is 33.5. The number of anilines is 3. The van der Waals surface area contributed by atoms with Gasteiger partial charge in [-0.15, -0.1) is 0 Å². The molecule has 10 aromatic carbocycles. The van der Waals surface area contributed by atoms with Gasteiger partial charge in [-0.3, -0.25) is 0 Å². The summed E-state index contributed by atoms with van der Waals surface area (Å²) in [6.07, 6.45) is 0. The van der Waals surface area contributed by atoms with E-state index in [-0.39, 0.29) is 0 Å². The van der Waals surface area contributed by atoms with Crippen LogP contribution in [0.25, 0.3) is 99.5 Å². The number of para-hydroxylation sites is 2. The van der Waals surface area contributed by atoms with E-state index in [1.165, 1.54) is 16.2 Å². The summed E-state index contributed by atoms with van der Waals surface area (Å²) in [5.74, 6) is 1.75. The third kappa shape index (κ3) is 6.06. The summed E-state index contributed by atoms with van der Waals surface area (Å²) in [6.45, 7) is 0. The van der Waals surface area contributed by atoms with Crippen molar-refractivity contribution in [1.82, 2.24) is 15.0 Å². The lowest BCUT2D eigenvalue weighted by atomic mass is 9.96. The standard InChI is InChI=1S/C57H36N4O/c1-3-16-39(17-4-1)55-58-56(60-57(59-55)51-36-41-19-9-10-22-45(41)47-23-11-12-24-48(47)51)50-34-33-46(53-49-25-13-14-26-52(49)62-54(50)53)38-28-30-43(31-29-38)61(42-20-5-2-6-21-42)44-32-27-37-15-7-8-18-40(37)35-44/h1-36H. The van der Waals surface area contributed by atoms with Crippen LogP contribution in [0.15, 0.2) is 223 Å². The van der Waals surface area contributed by atoms with Crippen molar-refractivity contribution in [1.29, 1.82) is 0 Å². The third-order valence-corrected chi connectivity index (χ3v) is 11.9. The Kier molecular flexibility index (Phi) is 8.42. The monoisotopic (exact) mass is 792 g/mol. The molecular formula is C57H36N4O. The maximum absolute atomic E-state index is 6.82. The molecule has 2 heterocycles. The topological polar surface area (TPSA) is 55.1 Å². The number of hydrogen-bond donors (Lipinski definition) is 0. The van der Waals surface area contributed by atoms with Crippen molar-refractivity contribution in [2.24, 2.45) is 0 Å². The lowest BCUT2D eigenvalue weighted by Crippen LogP contribution is -2.09. The van der Waals surface area contributed by atoms with Crippen molar-refractivity contribution >= 4 is 71.3 Å². The van der Waals surface area contributed by atoms with E-state index in [4.69, 9.17) is 19.4 Å². The van der Waals surface area contributed by atoms with Gasteiger partial charge in [0.05, 0.1) is 5.56 Å². The third-order valence-electron chi connectivity index (χ3n) is 11.9. The summed E-state index contributed by atoms with van der Waals surface area (Å²) in [4.78, 5) is 18.0. The molecule has 12 rings (SSSR count). The van der Waals surface area contributed by atoms with E-state index in [2.05, 4.69) is 181 Å². The van der Waals surface area contributed by atoms with Gasteiger partial charge in [0, 0.05) is 39.0 Å². The highest BCUT2D eigenvalue weighted by molar-refractivity contribution is 6.16. The van der Waals surface area contributed by atoms with Crippen LogP contribution < -0.4 is 4.90 Å². The van der Waals surface area contributed by atoms with Crippen LogP contribution in [-0.4, -0.2) is 15.0 Å².